The lowest BCUT2D eigenvalue weighted by Crippen LogP contribution is -2.07. The van der Waals surface area contributed by atoms with Gasteiger partial charge in [-0.3, -0.25) is 0 Å². The Kier molecular flexibility index (Phi) is 1.96. The lowest BCUT2D eigenvalue weighted by molar-refractivity contribution is 0.197. The smallest absolute Gasteiger partial charge is 0.417 e. The summed E-state index contributed by atoms with van der Waals surface area (Å²) in [5.74, 6) is 0.444. The molecule has 0 aromatic carbocycles. The van der Waals surface area contributed by atoms with Crippen LogP contribution in [0.25, 0.3) is 11.0 Å². The van der Waals surface area contributed by atoms with Crippen LogP contribution in [0, 0.1) is 0 Å². The zero-order valence-electron chi connectivity index (χ0n) is 7.97. The summed E-state index contributed by atoms with van der Waals surface area (Å²) < 4.78 is 6.09. The normalized spacial score (nSPS) is 10.5. The van der Waals surface area contributed by atoms with Crippen molar-refractivity contribution >= 4 is 22.8 Å². The number of carbonyl (C=O) groups is 1. The van der Waals surface area contributed by atoms with Crippen molar-refractivity contribution in [2.75, 3.05) is 12.8 Å². The predicted octanol–water partition coefficient (Wildman–Crippen LogP) is 1.15. The lowest BCUT2D eigenvalue weighted by Gasteiger charge is -2.05. The molecule has 15 heavy (non-hydrogen) atoms. The van der Waals surface area contributed by atoms with Gasteiger partial charge in [0, 0.05) is 6.20 Å². The van der Waals surface area contributed by atoms with Crippen LogP contribution in [0.2, 0.25) is 0 Å². The first kappa shape index (κ1) is 9.32. The molecule has 0 radical (unpaired) electrons. The molecule has 2 aromatic rings. The van der Waals surface area contributed by atoms with Crippen LogP contribution in [-0.4, -0.2) is 27.9 Å². The molecule has 0 bridgehead atoms. The van der Waals surface area contributed by atoms with Crippen LogP contribution in [-0.2, 0) is 0 Å². The molecule has 0 aliphatic heterocycles. The molecule has 0 saturated carbocycles. The largest absolute Gasteiger partial charge is 0.494 e. The Morgan fingerprint density at radius 1 is 1.67 bits per heavy atom. The van der Waals surface area contributed by atoms with E-state index in [4.69, 9.17) is 15.6 Å². The third-order valence-corrected chi connectivity index (χ3v) is 2.10. The first-order chi connectivity index (χ1) is 7.15. The summed E-state index contributed by atoms with van der Waals surface area (Å²) in [5, 5.41) is 9.44. The fourth-order valence-electron chi connectivity index (χ4n) is 1.46. The molecule has 3 N–H and O–H groups in total. The highest BCUT2D eigenvalue weighted by molar-refractivity contribution is 5.93. The molecule has 2 heterocycles. The Morgan fingerprint density at radius 3 is 3.00 bits per heavy atom. The standard InChI is InChI=1S/C9H9N3O3/c1-15-7-5-2-3-12(9(13)14)8(5)11-4-6(7)10/h2-4H,10H2,1H3,(H,13,14). The van der Waals surface area contributed by atoms with Crippen LogP contribution < -0.4 is 10.5 Å². The maximum atomic E-state index is 10.8. The van der Waals surface area contributed by atoms with Crippen LogP contribution in [0.4, 0.5) is 10.5 Å². The van der Waals surface area contributed by atoms with Crippen LogP contribution in [0.3, 0.4) is 0 Å². The molecule has 0 aliphatic carbocycles. The van der Waals surface area contributed by atoms with E-state index in [1.165, 1.54) is 19.5 Å². The van der Waals surface area contributed by atoms with Gasteiger partial charge < -0.3 is 15.6 Å². The minimum absolute atomic E-state index is 0.313. The number of hydrogen-bond acceptors (Lipinski definition) is 4. The fourth-order valence-corrected chi connectivity index (χ4v) is 1.46. The number of fused-ring (bicyclic) bond motifs is 1. The molecule has 6 nitrogen and oxygen atoms in total. The Hall–Kier alpha value is -2.24. The van der Waals surface area contributed by atoms with Gasteiger partial charge in [0.05, 0.1) is 24.4 Å². The van der Waals surface area contributed by atoms with Crippen molar-refractivity contribution in [1.82, 2.24) is 9.55 Å². The second-order valence-electron chi connectivity index (χ2n) is 2.95. The molecule has 78 valence electrons. The highest BCUT2D eigenvalue weighted by atomic mass is 16.5. The fraction of sp³-hybridized carbons (Fsp3) is 0.111. The highest BCUT2D eigenvalue weighted by Gasteiger charge is 2.13. The quantitative estimate of drug-likeness (QED) is 0.732. The Labute approximate surface area is 84.9 Å². The summed E-state index contributed by atoms with van der Waals surface area (Å²) >= 11 is 0. The second-order valence-corrected chi connectivity index (χ2v) is 2.95. The number of methoxy groups -OCH3 is 1. The van der Waals surface area contributed by atoms with Crippen molar-refractivity contribution in [3.63, 3.8) is 0 Å². The third kappa shape index (κ3) is 1.26. The average molecular weight is 207 g/mol. The molecule has 0 saturated heterocycles. The van der Waals surface area contributed by atoms with Crippen LogP contribution in [0.1, 0.15) is 0 Å². The first-order valence-electron chi connectivity index (χ1n) is 4.18. The van der Waals surface area contributed by atoms with Crippen molar-refractivity contribution in [3.05, 3.63) is 18.5 Å². The molecule has 0 amide bonds. The molecule has 0 aliphatic rings. The zero-order chi connectivity index (χ0) is 11.0. The molecule has 2 rings (SSSR count). The molecule has 6 heteroatoms. The van der Waals surface area contributed by atoms with Crippen molar-refractivity contribution < 1.29 is 14.6 Å². The number of nitrogens with two attached hydrogens (primary N) is 1. The van der Waals surface area contributed by atoms with E-state index >= 15 is 0 Å². The molecular weight excluding hydrogens is 198 g/mol. The van der Waals surface area contributed by atoms with Crippen molar-refractivity contribution in [2.45, 2.75) is 0 Å². The van der Waals surface area contributed by atoms with E-state index in [-0.39, 0.29) is 0 Å². The van der Waals surface area contributed by atoms with E-state index < -0.39 is 6.09 Å². The van der Waals surface area contributed by atoms with Gasteiger partial charge in [-0.2, -0.15) is 0 Å². The van der Waals surface area contributed by atoms with E-state index in [1.54, 1.807) is 6.07 Å². The number of nitrogen functional groups attached to an aromatic ring is 1. The Balaban J connectivity index is 2.80. The van der Waals surface area contributed by atoms with Gasteiger partial charge in [0.2, 0.25) is 0 Å². The van der Waals surface area contributed by atoms with E-state index in [9.17, 15) is 4.79 Å². The summed E-state index contributed by atoms with van der Waals surface area (Å²) in [4.78, 5) is 14.8. The molecule has 2 aromatic heterocycles. The van der Waals surface area contributed by atoms with Crippen LogP contribution >= 0.6 is 0 Å². The number of hydrogen-bond donors (Lipinski definition) is 2. The van der Waals surface area contributed by atoms with Crippen LogP contribution in [0.5, 0.6) is 5.75 Å². The maximum absolute atomic E-state index is 10.8. The number of aromatic nitrogens is 2. The van der Waals surface area contributed by atoms with Crippen molar-refractivity contribution in [1.29, 1.82) is 0 Å². The van der Waals surface area contributed by atoms with E-state index in [0.717, 1.165) is 4.57 Å². The minimum atomic E-state index is -1.09. The van der Waals surface area contributed by atoms with E-state index in [2.05, 4.69) is 4.98 Å². The second kappa shape index (κ2) is 3.16. The summed E-state index contributed by atoms with van der Waals surface area (Å²) in [7, 11) is 1.48. The SMILES string of the molecule is COc1c(N)cnc2c1ccn2C(=O)O. The number of ether oxygens (including phenoxy) is 1. The van der Waals surface area contributed by atoms with Gasteiger partial charge in [-0.15, -0.1) is 0 Å². The van der Waals surface area contributed by atoms with Crippen molar-refractivity contribution in [2.24, 2.45) is 0 Å². The number of nitrogens with zero attached hydrogens (tertiary/aromatic N) is 2. The molecule has 0 unspecified atom stereocenters. The van der Waals surface area contributed by atoms with Gasteiger partial charge in [0.1, 0.15) is 0 Å². The Bertz CT molecular complexity index is 533. The topological polar surface area (TPSA) is 90.4 Å². The Morgan fingerprint density at radius 2 is 2.40 bits per heavy atom. The summed E-state index contributed by atoms with van der Waals surface area (Å²) in [6, 6.07) is 1.60. The lowest BCUT2D eigenvalue weighted by atomic mass is 10.3. The number of anilines is 1. The minimum Gasteiger partial charge on any atom is -0.494 e. The number of rotatable bonds is 1. The van der Waals surface area contributed by atoms with E-state index in [1.807, 2.05) is 0 Å². The van der Waals surface area contributed by atoms with Gasteiger partial charge >= 0.3 is 6.09 Å². The van der Waals surface area contributed by atoms with Gasteiger partial charge in [-0.1, -0.05) is 0 Å². The van der Waals surface area contributed by atoms with Crippen LogP contribution in [0.15, 0.2) is 18.5 Å². The predicted molar refractivity (Wildman–Crippen MR) is 54.1 cm³/mol. The van der Waals surface area contributed by atoms with Gasteiger partial charge in [-0.25, -0.2) is 14.3 Å². The molecule has 0 fully saturated rings. The highest BCUT2D eigenvalue weighted by Crippen LogP contribution is 2.30. The van der Waals surface area contributed by atoms with Gasteiger partial charge in [0.25, 0.3) is 0 Å². The number of pyridine rings is 1. The molecule has 0 atom stereocenters. The summed E-state index contributed by atoms with van der Waals surface area (Å²) in [6.07, 6.45) is 1.69. The summed E-state index contributed by atoms with van der Waals surface area (Å²) in [6.45, 7) is 0. The van der Waals surface area contributed by atoms with Gasteiger partial charge in [0.15, 0.2) is 11.4 Å². The summed E-state index contributed by atoms with van der Waals surface area (Å²) in [5.41, 5.74) is 6.33. The maximum Gasteiger partial charge on any atom is 0.417 e. The monoisotopic (exact) mass is 207 g/mol. The molecule has 0 spiro atoms. The number of carboxylic acid groups (broad SMARTS) is 1. The van der Waals surface area contributed by atoms with Gasteiger partial charge in [-0.05, 0) is 6.07 Å². The first-order valence-corrected chi connectivity index (χ1v) is 4.18. The zero-order valence-corrected chi connectivity index (χ0v) is 7.97. The average Bonchev–Trinajstić information content (AvgIpc) is 2.61. The molecular formula is C9H9N3O3. The third-order valence-electron chi connectivity index (χ3n) is 2.10. The van der Waals surface area contributed by atoms with Crippen molar-refractivity contribution in [3.8, 4) is 5.75 Å². The van der Waals surface area contributed by atoms with E-state index in [0.29, 0.717) is 22.5 Å².